The summed E-state index contributed by atoms with van der Waals surface area (Å²) in [4.78, 5) is 19.5. The van der Waals surface area contributed by atoms with E-state index in [2.05, 4.69) is 48.5 Å². The summed E-state index contributed by atoms with van der Waals surface area (Å²) in [6.45, 7) is 26.9. The standard InChI is InChI=1S/C8H20N.C8H19N.2C2H4O2/c1-5-9(6-2,7-3)8-4;1-4-7-9(6-3)8-5-2;2*1-2(3)4/h5-8H2,1-4H3;4-8H2,1-3H3;2*1H3,(H,3,4)/q+1;;;/p-1. The molecule has 6 nitrogen and oxygen atoms in total. The lowest BCUT2D eigenvalue weighted by molar-refractivity contribution is -0.921. The van der Waals surface area contributed by atoms with Crippen LogP contribution in [0.4, 0.5) is 0 Å². The number of hydrogen-bond acceptors (Lipinski definition) is 4. The molecule has 0 fully saturated rings. The molecule has 0 heterocycles. The number of nitrogens with zero attached hydrogens (tertiary/aromatic N) is 1. The predicted molar refractivity (Wildman–Crippen MR) is 106 cm³/mol. The fourth-order valence-corrected chi connectivity index (χ4v) is 2.53. The first-order valence-electron chi connectivity index (χ1n) is 10.1. The highest BCUT2D eigenvalue weighted by Crippen LogP contribution is 2.03. The highest BCUT2D eigenvalue weighted by molar-refractivity contribution is 5.60. The van der Waals surface area contributed by atoms with Crippen LogP contribution < -0.4 is 15.1 Å². The minimum Gasteiger partial charge on any atom is -0.550 e. The van der Waals surface area contributed by atoms with Crippen LogP contribution in [-0.2, 0) is 9.59 Å². The van der Waals surface area contributed by atoms with Gasteiger partial charge >= 0.3 is 0 Å². The Bertz CT molecular complexity index is 263. The molecule has 0 atom stereocenters. The van der Waals surface area contributed by atoms with E-state index >= 15 is 0 Å². The van der Waals surface area contributed by atoms with Crippen molar-refractivity contribution < 1.29 is 29.2 Å². The molecule has 0 aromatic rings. The molecule has 0 aliphatic heterocycles. The number of aliphatic carboxylic acids is 2. The number of carboxylic acid groups (broad SMARTS) is 2. The lowest BCUT2D eigenvalue weighted by Crippen LogP contribution is -3.11. The average molecular weight is 379 g/mol. The molecule has 0 rings (SSSR count). The maximum Gasteiger partial charge on any atom is 0.0768 e. The first-order valence-corrected chi connectivity index (χ1v) is 10.1. The van der Waals surface area contributed by atoms with Crippen molar-refractivity contribution in [1.82, 2.24) is 0 Å². The van der Waals surface area contributed by atoms with Gasteiger partial charge in [0, 0.05) is 11.9 Å². The van der Waals surface area contributed by atoms with Gasteiger partial charge < -0.3 is 29.2 Å². The molecule has 0 saturated carbocycles. The number of carbonyl (C=O) groups excluding carboxylic acids is 2. The van der Waals surface area contributed by atoms with Gasteiger partial charge in [-0.05, 0) is 61.3 Å². The Morgan fingerprint density at radius 2 is 0.923 bits per heavy atom. The Hall–Kier alpha value is -1.14. The topological polar surface area (TPSA) is 84.7 Å². The van der Waals surface area contributed by atoms with Crippen molar-refractivity contribution >= 4 is 11.9 Å². The van der Waals surface area contributed by atoms with E-state index in [1.54, 1.807) is 4.90 Å². The second kappa shape index (κ2) is 23.9. The fraction of sp³-hybridized carbons (Fsp3) is 0.900. The fourth-order valence-electron chi connectivity index (χ4n) is 2.53. The SMILES string of the molecule is CC(=O)[O-].CC(=O)[O-].CCC[NH+](CC)CCC.CC[N+](CC)(CC)CC. The summed E-state index contributed by atoms with van der Waals surface area (Å²) < 4.78 is 1.28. The molecule has 0 saturated heterocycles. The normalized spacial score (nSPS) is 9.77. The summed E-state index contributed by atoms with van der Waals surface area (Å²) in [5, 5.41) is 17.8. The number of quaternary nitrogens is 2. The van der Waals surface area contributed by atoms with Crippen LogP contribution in [0.25, 0.3) is 0 Å². The van der Waals surface area contributed by atoms with Gasteiger partial charge in [-0.2, -0.15) is 0 Å². The van der Waals surface area contributed by atoms with E-state index in [1.807, 2.05) is 0 Å². The Labute approximate surface area is 162 Å². The van der Waals surface area contributed by atoms with Crippen LogP contribution in [0.3, 0.4) is 0 Å². The molecule has 0 radical (unpaired) electrons. The summed E-state index contributed by atoms with van der Waals surface area (Å²) >= 11 is 0. The zero-order valence-electron chi connectivity index (χ0n) is 18.9. The van der Waals surface area contributed by atoms with Crippen molar-refractivity contribution in [2.75, 3.05) is 45.8 Å². The maximum absolute atomic E-state index is 8.89. The molecule has 26 heavy (non-hydrogen) atoms. The quantitative estimate of drug-likeness (QED) is 0.577. The Balaban J connectivity index is -0.000000134. The molecule has 0 unspecified atom stereocenters. The van der Waals surface area contributed by atoms with Crippen LogP contribution in [0.5, 0.6) is 0 Å². The molecule has 0 amide bonds. The van der Waals surface area contributed by atoms with Gasteiger partial charge in [-0.15, -0.1) is 0 Å². The number of nitrogens with one attached hydrogen (secondary N) is 1. The van der Waals surface area contributed by atoms with Gasteiger partial charge in [0.15, 0.2) is 0 Å². The van der Waals surface area contributed by atoms with Crippen LogP contribution in [-0.4, -0.2) is 62.2 Å². The van der Waals surface area contributed by atoms with Gasteiger partial charge in [0.1, 0.15) is 0 Å². The molecule has 0 aliphatic rings. The van der Waals surface area contributed by atoms with E-state index in [-0.39, 0.29) is 0 Å². The van der Waals surface area contributed by atoms with Crippen LogP contribution in [0.1, 0.15) is 75.2 Å². The van der Waals surface area contributed by atoms with Gasteiger partial charge in [0.25, 0.3) is 0 Å². The molecule has 0 bridgehead atoms. The lowest BCUT2D eigenvalue weighted by Gasteiger charge is -2.34. The minimum absolute atomic E-state index is 0.972. The second-order valence-corrected chi connectivity index (χ2v) is 6.19. The van der Waals surface area contributed by atoms with E-state index in [4.69, 9.17) is 19.8 Å². The third-order valence-electron chi connectivity index (χ3n) is 4.39. The Kier molecular flexibility index (Phi) is 29.8. The van der Waals surface area contributed by atoms with Gasteiger partial charge in [-0.3, -0.25) is 0 Å². The molecular weight excluding hydrogens is 332 g/mol. The smallest absolute Gasteiger partial charge is 0.0768 e. The summed E-state index contributed by atoms with van der Waals surface area (Å²) in [6.07, 6.45) is 2.65. The zero-order valence-corrected chi connectivity index (χ0v) is 18.9. The lowest BCUT2D eigenvalue weighted by atomic mass is 10.3. The molecule has 0 aromatic carbocycles. The second-order valence-electron chi connectivity index (χ2n) is 6.19. The van der Waals surface area contributed by atoms with Crippen molar-refractivity contribution in [3.8, 4) is 0 Å². The third-order valence-corrected chi connectivity index (χ3v) is 4.39. The number of carboxylic acids is 2. The van der Waals surface area contributed by atoms with Crippen LogP contribution in [0.15, 0.2) is 0 Å². The summed E-state index contributed by atoms with van der Waals surface area (Å²) in [5.74, 6) is -2.17. The average Bonchev–Trinajstić information content (AvgIpc) is 2.57. The Morgan fingerprint density at radius 3 is 1.00 bits per heavy atom. The highest BCUT2D eigenvalue weighted by atomic mass is 16.4. The number of rotatable bonds is 9. The summed E-state index contributed by atoms with van der Waals surface area (Å²) in [5.41, 5.74) is 0. The van der Waals surface area contributed by atoms with Crippen LogP contribution in [0.2, 0.25) is 0 Å². The minimum atomic E-state index is -1.08. The van der Waals surface area contributed by atoms with E-state index < -0.39 is 11.9 Å². The van der Waals surface area contributed by atoms with Crippen molar-refractivity contribution in [3.05, 3.63) is 0 Å². The first-order chi connectivity index (χ1) is 12.1. The summed E-state index contributed by atoms with van der Waals surface area (Å²) in [7, 11) is 0. The molecule has 160 valence electrons. The third kappa shape index (κ3) is 30.7. The molecule has 0 aromatic heterocycles. The first kappa shape index (κ1) is 32.5. The molecule has 0 spiro atoms. The molecular formula is C20H46N2O4. The van der Waals surface area contributed by atoms with Crippen molar-refractivity contribution in [2.24, 2.45) is 0 Å². The highest BCUT2D eigenvalue weighted by Gasteiger charge is 2.16. The molecule has 6 heteroatoms. The van der Waals surface area contributed by atoms with Gasteiger partial charge in [0.05, 0.1) is 45.8 Å². The van der Waals surface area contributed by atoms with Crippen molar-refractivity contribution in [3.63, 3.8) is 0 Å². The summed E-state index contributed by atoms with van der Waals surface area (Å²) in [6, 6.07) is 0. The van der Waals surface area contributed by atoms with Gasteiger partial charge in [0.2, 0.25) is 0 Å². The van der Waals surface area contributed by atoms with Crippen molar-refractivity contribution in [2.45, 2.75) is 75.2 Å². The van der Waals surface area contributed by atoms with E-state index in [0.29, 0.717) is 0 Å². The van der Waals surface area contributed by atoms with E-state index in [9.17, 15) is 0 Å². The van der Waals surface area contributed by atoms with E-state index in [1.165, 1.54) is 63.1 Å². The van der Waals surface area contributed by atoms with Gasteiger partial charge in [-0.1, -0.05) is 13.8 Å². The zero-order chi connectivity index (χ0) is 21.6. The predicted octanol–water partition coefficient (Wildman–Crippen LogP) is 0.106. The number of carbonyl (C=O) groups is 2. The molecule has 0 aliphatic carbocycles. The van der Waals surface area contributed by atoms with Crippen LogP contribution in [0, 0.1) is 0 Å². The Morgan fingerprint density at radius 1 is 0.692 bits per heavy atom. The van der Waals surface area contributed by atoms with Crippen LogP contribution >= 0.6 is 0 Å². The maximum atomic E-state index is 8.89. The van der Waals surface area contributed by atoms with Crippen molar-refractivity contribution in [1.29, 1.82) is 0 Å². The monoisotopic (exact) mass is 378 g/mol. The largest absolute Gasteiger partial charge is 0.550 e. The molecule has 1 N–H and O–H groups in total. The van der Waals surface area contributed by atoms with Gasteiger partial charge in [-0.25, -0.2) is 0 Å². The van der Waals surface area contributed by atoms with E-state index in [0.717, 1.165) is 13.8 Å². The number of hydrogen-bond donors (Lipinski definition) is 1.